The topological polar surface area (TPSA) is 38.0 Å². The van der Waals surface area contributed by atoms with Gasteiger partial charge in [-0.15, -0.1) is 0 Å². The lowest BCUT2D eigenvalue weighted by molar-refractivity contribution is 0.619. The number of nitrogens with one attached hydrogen (secondary N) is 1. The van der Waals surface area contributed by atoms with Crippen molar-refractivity contribution >= 4 is 17.1 Å². The van der Waals surface area contributed by atoms with Crippen molar-refractivity contribution in [2.24, 2.45) is 0 Å². The number of rotatable bonds is 2. The zero-order valence-corrected chi connectivity index (χ0v) is 9.30. The standard InChI is InChI=1S/C13H12F2N2/c1-8-10(15)3-2-4-12(8)17-13-7-9(14)5-6-11(13)16/h2-7,17H,16H2,1H3. The average Bonchev–Trinajstić information content (AvgIpc) is 2.30. The van der Waals surface area contributed by atoms with Crippen molar-refractivity contribution in [1.82, 2.24) is 0 Å². The highest BCUT2D eigenvalue weighted by atomic mass is 19.1. The number of nitrogens with two attached hydrogens (primary N) is 1. The summed E-state index contributed by atoms with van der Waals surface area (Å²) in [6, 6.07) is 8.68. The molecule has 17 heavy (non-hydrogen) atoms. The quantitative estimate of drug-likeness (QED) is 0.779. The van der Waals surface area contributed by atoms with E-state index in [1.54, 1.807) is 19.1 Å². The van der Waals surface area contributed by atoms with E-state index >= 15 is 0 Å². The Hall–Kier alpha value is -2.10. The molecular formula is C13H12F2N2. The Morgan fingerprint density at radius 2 is 1.82 bits per heavy atom. The predicted molar refractivity (Wildman–Crippen MR) is 65.2 cm³/mol. The maximum absolute atomic E-state index is 13.3. The summed E-state index contributed by atoms with van der Waals surface area (Å²) in [5.74, 6) is -0.708. The molecule has 0 spiro atoms. The first-order valence-electron chi connectivity index (χ1n) is 5.15. The van der Waals surface area contributed by atoms with E-state index in [2.05, 4.69) is 5.32 Å². The monoisotopic (exact) mass is 234 g/mol. The van der Waals surface area contributed by atoms with Crippen LogP contribution in [0.1, 0.15) is 5.56 Å². The molecule has 3 N–H and O–H groups in total. The molecule has 4 heteroatoms. The first kappa shape index (κ1) is 11.4. The molecule has 2 aromatic carbocycles. The molecule has 0 amide bonds. The molecule has 0 heterocycles. The highest BCUT2D eigenvalue weighted by Gasteiger charge is 2.06. The third kappa shape index (κ3) is 2.36. The van der Waals surface area contributed by atoms with E-state index in [1.807, 2.05) is 0 Å². The third-order valence-electron chi connectivity index (χ3n) is 2.55. The molecular weight excluding hydrogens is 222 g/mol. The molecule has 88 valence electrons. The Labute approximate surface area is 98.1 Å². The van der Waals surface area contributed by atoms with Crippen LogP contribution in [-0.2, 0) is 0 Å². The minimum Gasteiger partial charge on any atom is -0.397 e. The van der Waals surface area contributed by atoms with Gasteiger partial charge in [0.05, 0.1) is 11.4 Å². The largest absolute Gasteiger partial charge is 0.397 e. The number of hydrogen-bond donors (Lipinski definition) is 2. The van der Waals surface area contributed by atoms with Crippen molar-refractivity contribution in [2.75, 3.05) is 11.1 Å². The third-order valence-corrected chi connectivity index (χ3v) is 2.55. The maximum Gasteiger partial charge on any atom is 0.128 e. The highest BCUT2D eigenvalue weighted by Crippen LogP contribution is 2.26. The van der Waals surface area contributed by atoms with Gasteiger partial charge in [0, 0.05) is 11.3 Å². The van der Waals surface area contributed by atoms with Crippen molar-refractivity contribution in [3.05, 3.63) is 53.6 Å². The zero-order valence-electron chi connectivity index (χ0n) is 9.30. The molecule has 0 saturated carbocycles. The fourth-order valence-corrected chi connectivity index (χ4v) is 1.52. The summed E-state index contributed by atoms with van der Waals surface area (Å²) in [6.45, 7) is 1.65. The van der Waals surface area contributed by atoms with Crippen molar-refractivity contribution in [2.45, 2.75) is 6.92 Å². The second kappa shape index (κ2) is 4.41. The van der Waals surface area contributed by atoms with Crippen molar-refractivity contribution in [3.63, 3.8) is 0 Å². The van der Waals surface area contributed by atoms with Crippen LogP contribution in [0.15, 0.2) is 36.4 Å². The lowest BCUT2D eigenvalue weighted by atomic mass is 10.1. The van der Waals surface area contributed by atoms with Gasteiger partial charge in [0.2, 0.25) is 0 Å². The number of nitrogen functional groups attached to an aromatic ring is 1. The van der Waals surface area contributed by atoms with Gasteiger partial charge in [-0.25, -0.2) is 8.78 Å². The SMILES string of the molecule is Cc1c(F)cccc1Nc1cc(F)ccc1N. The van der Waals surface area contributed by atoms with Gasteiger partial charge < -0.3 is 11.1 Å². The van der Waals surface area contributed by atoms with Gasteiger partial charge in [-0.1, -0.05) is 6.07 Å². The second-order valence-electron chi connectivity index (χ2n) is 3.77. The Morgan fingerprint density at radius 1 is 1.06 bits per heavy atom. The van der Waals surface area contributed by atoms with E-state index in [1.165, 1.54) is 24.3 Å². The van der Waals surface area contributed by atoms with Crippen LogP contribution in [0.25, 0.3) is 0 Å². The first-order chi connectivity index (χ1) is 8.08. The highest BCUT2D eigenvalue weighted by molar-refractivity contribution is 5.73. The van der Waals surface area contributed by atoms with Crippen LogP contribution in [0.4, 0.5) is 25.8 Å². The molecule has 0 aliphatic rings. The predicted octanol–water partition coefficient (Wildman–Crippen LogP) is 3.60. The summed E-state index contributed by atoms with van der Waals surface area (Å²) in [7, 11) is 0. The smallest absolute Gasteiger partial charge is 0.128 e. The fraction of sp³-hybridized carbons (Fsp3) is 0.0769. The molecule has 0 atom stereocenters. The Bertz CT molecular complexity index is 553. The van der Waals surface area contributed by atoms with Crippen LogP contribution in [0, 0.1) is 18.6 Å². The number of hydrogen-bond acceptors (Lipinski definition) is 2. The van der Waals surface area contributed by atoms with Gasteiger partial charge in [-0.2, -0.15) is 0 Å². The van der Waals surface area contributed by atoms with Crippen LogP contribution in [0.3, 0.4) is 0 Å². The van der Waals surface area contributed by atoms with E-state index in [0.717, 1.165) is 0 Å². The van der Waals surface area contributed by atoms with Crippen LogP contribution in [0.5, 0.6) is 0 Å². The molecule has 2 rings (SSSR count). The van der Waals surface area contributed by atoms with Gasteiger partial charge in [-0.05, 0) is 37.3 Å². The molecule has 0 bridgehead atoms. The fourth-order valence-electron chi connectivity index (χ4n) is 1.52. The minimum atomic E-state index is -0.393. The van der Waals surface area contributed by atoms with Gasteiger partial charge in [0.25, 0.3) is 0 Å². The molecule has 2 aromatic rings. The van der Waals surface area contributed by atoms with E-state index in [4.69, 9.17) is 5.73 Å². The summed E-state index contributed by atoms with van der Waals surface area (Å²) >= 11 is 0. The molecule has 0 fully saturated rings. The summed E-state index contributed by atoms with van der Waals surface area (Å²) in [5, 5.41) is 2.92. The average molecular weight is 234 g/mol. The lowest BCUT2D eigenvalue weighted by Gasteiger charge is -2.12. The minimum absolute atomic E-state index is 0.315. The first-order valence-corrected chi connectivity index (χ1v) is 5.15. The Balaban J connectivity index is 2.38. The van der Waals surface area contributed by atoms with Crippen LogP contribution in [-0.4, -0.2) is 0 Å². The number of halogens is 2. The Morgan fingerprint density at radius 3 is 2.59 bits per heavy atom. The summed E-state index contributed by atoms with van der Waals surface area (Å²) in [6.07, 6.45) is 0. The second-order valence-corrected chi connectivity index (χ2v) is 3.77. The van der Waals surface area contributed by atoms with E-state index in [-0.39, 0.29) is 5.82 Å². The summed E-state index contributed by atoms with van der Waals surface area (Å²) in [5.41, 5.74) is 7.58. The van der Waals surface area contributed by atoms with Gasteiger partial charge in [-0.3, -0.25) is 0 Å². The molecule has 0 saturated heterocycles. The van der Waals surface area contributed by atoms with Gasteiger partial charge in [0.1, 0.15) is 11.6 Å². The van der Waals surface area contributed by atoms with Gasteiger partial charge >= 0.3 is 0 Å². The molecule has 2 nitrogen and oxygen atoms in total. The van der Waals surface area contributed by atoms with E-state index in [0.29, 0.717) is 22.6 Å². The molecule has 0 aliphatic carbocycles. The van der Waals surface area contributed by atoms with Crippen LogP contribution in [0.2, 0.25) is 0 Å². The van der Waals surface area contributed by atoms with Crippen molar-refractivity contribution < 1.29 is 8.78 Å². The summed E-state index contributed by atoms with van der Waals surface area (Å²) < 4.78 is 26.4. The zero-order chi connectivity index (χ0) is 12.4. The molecule has 0 unspecified atom stereocenters. The normalized spacial score (nSPS) is 10.3. The molecule has 0 aliphatic heterocycles. The van der Waals surface area contributed by atoms with Crippen molar-refractivity contribution in [1.29, 1.82) is 0 Å². The Kier molecular flexibility index (Phi) is 2.95. The van der Waals surface area contributed by atoms with Crippen LogP contribution < -0.4 is 11.1 Å². The lowest BCUT2D eigenvalue weighted by Crippen LogP contribution is -1.99. The van der Waals surface area contributed by atoms with E-state index in [9.17, 15) is 8.78 Å². The van der Waals surface area contributed by atoms with Crippen LogP contribution >= 0.6 is 0 Å². The molecule has 0 radical (unpaired) electrons. The number of benzene rings is 2. The maximum atomic E-state index is 13.3. The van der Waals surface area contributed by atoms with E-state index < -0.39 is 5.82 Å². The molecule has 0 aromatic heterocycles. The number of anilines is 3. The van der Waals surface area contributed by atoms with Crippen molar-refractivity contribution in [3.8, 4) is 0 Å². The van der Waals surface area contributed by atoms with Gasteiger partial charge in [0.15, 0.2) is 0 Å². The summed E-state index contributed by atoms with van der Waals surface area (Å²) in [4.78, 5) is 0.